The first-order chi connectivity index (χ1) is 10.2. The Labute approximate surface area is 129 Å². The van der Waals surface area contributed by atoms with E-state index in [-0.39, 0.29) is 11.7 Å². The first kappa shape index (κ1) is 18.3. The van der Waals surface area contributed by atoms with Crippen molar-refractivity contribution in [2.75, 3.05) is 5.32 Å². The summed E-state index contributed by atoms with van der Waals surface area (Å²) in [5, 5.41) is 5.16. The third-order valence-corrected chi connectivity index (χ3v) is 3.24. The van der Waals surface area contributed by atoms with Crippen LogP contribution in [0.15, 0.2) is 24.3 Å². The maximum atomic E-state index is 12.6. The van der Waals surface area contributed by atoms with E-state index in [1.54, 1.807) is 0 Å². The molecule has 1 rings (SSSR count). The Morgan fingerprint density at radius 3 is 2.45 bits per heavy atom. The molecule has 3 nitrogen and oxygen atoms in total. The molecule has 6 heteroatoms. The van der Waals surface area contributed by atoms with Crippen molar-refractivity contribution >= 4 is 11.7 Å². The van der Waals surface area contributed by atoms with Gasteiger partial charge in [-0.15, -0.1) is 0 Å². The number of alkyl halides is 3. The van der Waals surface area contributed by atoms with Crippen molar-refractivity contribution in [2.24, 2.45) is 5.92 Å². The van der Waals surface area contributed by atoms with E-state index in [9.17, 15) is 18.0 Å². The van der Waals surface area contributed by atoms with Crippen molar-refractivity contribution in [2.45, 2.75) is 52.3 Å². The van der Waals surface area contributed by atoms with Gasteiger partial charge in [0.05, 0.1) is 5.56 Å². The number of urea groups is 1. The summed E-state index contributed by atoms with van der Waals surface area (Å²) in [4.78, 5) is 11.8. The Kier molecular flexibility index (Phi) is 6.71. The summed E-state index contributed by atoms with van der Waals surface area (Å²) in [6.45, 7) is 6.16. The highest BCUT2D eigenvalue weighted by molar-refractivity contribution is 5.89. The van der Waals surface area contributed by atoms with Gasteiger partial charge in [0.15, 0.2) is 0 Å². The molecule has 0 bridgehead atoms. The zero-order chi connectivity index (χ0) is 16.8. The van der Waals surface area contributed by atoms with Gasteiger partial charge >= 0.3 is 12.2 Å². The van der Waals surface area contributed by atoms with Gasteiger partial charge in [-0.25, -0.2) is 4.79 Å². The summed E-state index contributed by atoms with van der Waals surface area (Å²) in [7, 11) is 0. The number of benzene rings is 1. The fraction of sp³-hybridized carbons (Fsp3) is 0.562. The first-order valence-electron chi connectivity index (χ1n) is 7.43. The SMILES string of the molecule is CC(C)CCC[C@H](C)NC(=O)Nc1cccc(C(F)(F)F)c1. The minimum absolute atomic E-state index is 0.0236. The number of hydrogen-bond donors (Lipinski definition) is 2. The van der Waals surface area contributed by atoms with Crippen LogP contribution in [-0.2, 0) is 6.18 Å². The Bertz CT molecular complexity index is 487. The molecule has 0 aliphatic rings. The number of anilines is 1. The largest absolute Gasteiger partial charge is 0.416 e. The number of carbonyl (C=O) groups excluding carboxylic acids is 1. The molecule has 124 valence electrons. The molecule has 0 radical (unpaired) electrons. The van der Waals surface area contributed by atoms with Crippen LogP contribution in [0.1, 0.15) is 45.6 Å². The van der Waals surface area contributed by atoms with Gasteiger partial charge in [0.2, 0.25) is 0 Å². The lowest BCUT2D eigenvalue weighted by atomic mass is 10.0. The van der Waals surface area contributed by atoms with Crippen LogP contribution in [0.5, 0.6) is 0 Å². The molecular formula is C16H23F3N2O. The lowest BCUT2D eigenvalue weighted by molar-refractivity contribution is -0.137. The molecule has 22 heavy (non-hydrogen) atoms. The van der Waals surface area contributed by atoms with Crippen LogP contribution in [0.25, 0.3) is 0 Å². The summed E-state index contributed by atoms with van der Waals surface area (Å²) in [6.07, 6.45) is -1.49. The number of amides is 2. The average Bonchev–Trinajstić information content (AvgIpc) is 2.37. The Morgan fingerprint density at radius 1 is 1.18 bits per heavy atom. The predicted molar refractivity (Wildman–Crippen MR) is 81.7 cm³/mol. The molecule has 0 aromatic heterocycles. The van der Waals surface area contributed by atoms with Gasteiger partial charge in [-0.1, -0.05) is 32.8 Å². The summed E-state index contributed by atoms with van der Waals surface area (Å²) in [6, 6.07) is 4.07. The second-order valence-electron chi connectivity index (χ2n) is 5.90. The minimum Gasteiger partial charge on any atom is -0.335 e. The average molecular weight is 316 g/mol. The van der Waals surface area contributed by atoms with Crippen molar-refractivity contribution in [3.63, 3.8) is 0 Å². The number of nitrogens with one attached hydrogen (secondary N) is 2. The number of rotatable bonds is 6. The van der Waals surface area contributed by atoms with E-state index in [0.29, 0.717) is 5.92 Å². The third kappa shape index (κ3) is 6.83. The Morgan fingerprint density at radius 2 is 1.86 bits per heavy atom. The van der Waals surface area contributed by atoms with Crippen molar-refractivity contribution < 1.29 is 18.0 Å². The second-order valence-corrected chi connectivity index (χ2v) is 5.90. The van der Waals surface area contributed by atoms with E-state index in [0.717, 1.165) is 31.4 Å². The van der Waals surface area contributed by atoms with Crippen LogP contribution < -0.4 is 10.6 Å². The van der Waals surface area contributed by atoms with Crippen LogP contribution in [-0.4, -0.2) is 12.1 Å². The Hall–Kier alpha value is -1.72. The predicted octanol–water partition coefficient (Wildman–Crippen LogP) is 5.04. The summed E-state index contributed by atoms with van der Waals surface area (Å²) >= 11 is 0. The molecule has 0 heterocycles. The van der Waals surface area contributed by atoms with Crippen molar-refractivity contribution in [1.29, 1.82) is 0 Å². The van der Waals surface area contributed by atoms with Crippen molar-refractivity contribution in [3.05, 3.63) is 29.8 Å². The van der Waals surface area contributed by atoms with Crippen LogP contribution in [0, 0.1) is 5.92 Å². The van der Waals surface area contributed by atoms with E-state index < -0.39 is 17.8 Å². The normalized spacial score (nSPS) is 13.0. The topological polar surface area (TPSA) is 41.1 Å². The highest BCUT2D eigenvalue weighted by atomic mass is 19.4. The van der Waals surface area contributed by atoms with Crippen molar-refractivity contribution in [3.8, 4) is 0 Å². The highest BCUT2D eigenvalue weighted by Crippen LogP contribution is 2.30. The molecular weight excluding hydrogens is 293 g/mol. The monoisotopic (exact) mass is 316 g/mol. The summed E-state index contributed by atoms with van der Waals surface area (Å²) < 4.78 is 37.8. The third-order valence-electron chi connectivity index (χ3n) is 3.24. The van der Waals surface area contributed by atoms with Gasteiger partial charge in [-0.3, -0.25) is 0 Å². The van der Waals surface area contributed by atoms with Gasteiger partial charge in [0.25, 0.3) is 0 Å². The molecule has 2 amide bonds. The molecule has 2 N–H and O–H groups in total. The van der Waals surface area contributed by atoms with E-state index in [4.69, 9.17) is 0 Å². The quantitative estimate of drug-likeness (QED) is 0.758. The van der Waals surface area contributed by atoms with Gasteiger partial charge in [-0.2, -0.15) is 13.2 Å². The number of carbonyl (C=O) groups is 1. The molecule has 0 aliphatic carbocycles. The van der Waals surface area contributed by atoms with Crippen LogP contribution in [0.2, 0.25) is 0 Å². The van der Waals surface area contributed by atoms with E-state index in [1.165, 1.54) is 12.1 Å². The summed E-state index contributed by atoms with van der Waals surface area (Å²) in [5.41, 5.74) is -0.656. The molecule has 0 fully saturated rings. The van der Waals surface area contributed by atoms with Gasteiger partial charge in [-0.05, 0) is 37.5 Å². The van der Waals surface area contributed by atoms with E-state index >= 15 is 0 Å². The summed E-state index contributed by atoms with van der Waals surface area (Å²) in [5.74, 6) is 0.617. The molecule has 0 aliphatic heterocycles. The maximum Gasteiger partial charge on any atom is 0.416 e. The van der Waals surface area contributed by atoms with Crippen LogP contribution in [0.4, 0.5) is 23.7 Å². The number of halogens is 3. The minimum atomic E-state index is -4.42. The lowest BCUT2D eigenvalue weighted by Crippen LogP contribution is -2.36. The molecule has 1 aromatic rings. The lowest BCUT2D eigenvalue weighted by Gasteiger charge is -2.16. The molecule has 1 aromatic carbocycles. The first-order valence-corrected chi connectivity index (χ1v) is 7.43. The van der Waals surface area contributed by atoms with Crippen LogP contribution >= 0.6 is 0 Å². The van der Waals surface area contributed by atoms with Crippen molar-refractivity contribution in [1.82, 2.24) is 5.32 Å². The fourth-order valence-electron chi connectivity index (χ4n) is 2.07. The zero-order valence-electron chi connectivity index (χ0n) is 13.1. The molecule has 0 saturated carbocycles. The number of hydrogen-bond acceptors (Lipinski definition) is 1. The second kappa shape index (κ2) is 8.06. The van der Waals surface area contributed by atoms with E-state index in [2.05, 4.69) is 24.5 Å². The van der Waals surface area contributed by atoms with Gasteiger partial charge < -0.3 is 10.6 Å². The molecule has 0 spiro atoms. The zero-order valence-corrected chi connectivity index (χ0v) is 13.1. The molecule has 1 atom stereocenters. The Balaban J connectivity index is 2.48. The smallest absolute Gasteiger partial charge is 0.335 e. The molecule has 0 saturated heterocycles. The van der Waals surface area contributed by atoms with Gasteiger partial charge in [0, 0.05) is 11.7 Å². The van der Waals surface area contributed by atoms with E-state index in [1.807, 2.05) is 6.92 Å². The highest BCUT2D eigenvalue weighted by Gasteiger charge is 2.30. The maximum absolute atomic E-state index is 12.6. The molecule has 0 unspecified atom stereocenters. The van der Waals surface area contributed by atoms with Gasteiger partial charge in [0.1, 0.15) is 0 Å². The fourth-order valence-corrected chi connectivity index (χ4v) is 2.07. The standard InChI is InChI=1S/C16H23F3N2O/c1-11(2)6-4-7-12(3)20-15(22)21-14-9-5-8-13(10-14)16(17,18)19/h5,8-12H,4,6-7H2,1-3H3,(H2,20,21,22)/t12-/m0/s1. The van der Waals surface area contributed by atoms with Crippen LogP contribution in [0.3, 0.4) is 0 Å².